The van der Waals surface area contributed by atoms with Crippen LogP contribution in [0.1, 0.15) is 0 Å². The topological polar surface area (TPSA) is 43.4 Å². The second-order valence-electron chi connectivity index (χ2n) is 2.20. The molecule has 3 nitrogen and oxygen atoms in total. The molecule has 0 spiro atoms. The lowest BCUT2D eigenvalue weighted by Gasteiger charge is -2.01. The Labute approximate surface area is 85.3 Å². The molecule has 0 aromatic heterocycles. The van der Waals surface area contributed by atoms with E-state index in [-0.39, 0.29) is 5.75 Å². The molecule has 0 N–H and O–H groups in total. The summed E-state index contributed by atoms with van der Waals surface area (Å²) in [4.78, 5) is 0. The van der Waals surface area contributed by atoms with Crippen molar-refractivity contribution in [3.8, 4) is 5.75 Å². The fourth-order valence-corrected chi connectivity index (χ4v) is 1.37. The Hall–Kier alpha value is -0.810. The molecule has 70 valence electrons. The van der Waals surface area contributed by atoms with Gasteiger partial charge in [0.05, 0.1) is 5.41 Å². The van der Waals surface area contributed by atoms with Crippen LogP contribution in [0.4, 0.5) is 0 Å². The molecule has 1 rings (SSSR count). The van der Waals surface area contributed by atoms with Gasteiger partial charge in [-0.2, -0.15) is 8.42 Å². The predicted octanol–water partition coefficient (Wildman–Crippen LogP) is 2.30. The standard InChI is InChI=1S/C8H7BrO3S/c1-2-13(10,11)12-8-5-3-7(9)4-6-8/h2-6H,1H2. The summed E-state index contributed by atoms with van der Waals surface area (Å²) in [6, 6.07) is 6.47. The van der Waals surface area contributed by atoms with Crippen LogP contribution in [-0.4, -0.2) is 8.42 Å². The van der Waals surface area contributed by atoms with Crippen molar-refractivity contribution in [1.29, 1.82) is 0 Å². The Morgan fingerprint density at radius 3 is 2.31 bits per heavy atom. The van der Waals surface area contributed by atoms with Crippen LogP contribution < -0.4 is 4.18 Å². The first-order valence-corrected chi connectivity index (χ1v) is 5.62. The van der Waals surface area contributed by atoms with Gasteiger partial charge in [0, 0.05) is 4.47 Å². The summed E-state index contributed by atoms with van der Waals surface area (Å²) in [6.07, 6.45) is 0. The van der Waals surface area contributed by atoms with E-state index in [4.69, 9.17) is 0 Å². The minimum Gasteiger partial charge on any atom is -0.379 e. The summed E-state index contributed by atoms with van der Waals surface area (Å²) in [5.74, 6) is 0.267. The van der Waals surface area contributed by atoms with Gasteiger partial charge >= 0.3 is 10.1 Å². The maximum Gasteiger partial charge on any atom is 0.331 e. The highest BCUT2D eigenvalue weighted by Gasteiger charge is 2.05. The fourth-order valence-electron chi connectivity index (χ4n) is 0.658. The Kier molecular flexibility index (Phi) is 3.11. The molecule has 0 fully saturated rings. The minimum absolute atomic E-state index is 0.267. The molecule has 0 heterocycles. The van der Waals surface area contributed by atoms with Crippen LogP contribution in [0.3, 0.4) is 0 Å². The van der Waals surface area contributed by atoms with Gasteiger partial charge in [-0.1, -0.05) is 22.5 Å². The Morgan fingerprint density at radius 2 is 1.85 bits per heavy atom. The molecule has 0 amide bonds. The van der Waals surface area contributed by atoms with E-state index in [1.807, 2.05) is 0 Å². The first-order chi connectivity index (χ1) is 6.03. The van der Waals surface area contributed by atoms with Gasteiger partial charge in [-0.05, 0) is 24.3 Å². The van der Waals surface area contributed by atoms with E-state index in [0.717, 1.165) is 9.88 Å². The first-order valence-electron chi connectivity index (χ1n) is 3.36. The molecule has 0 aliphatic carbocycles. The predicted molar refractivity (Wildman–Crippen MR) is 53.9 cm³/mol. The SMILES string of the molecule is C=CS(=O)(=O)Oc1ccc(Br)cc1. The molecule has 0 unspecified atom stereocenters. The molecule has 13 heavy (non-hydrogen) atoms. The summed E-state index contributed by atoms with van der Waals surface area (Å²) >= 11 is 3.22. The first kappa shape index (κ1) is 10.3. The minimum atomic E-state index is -3.64. The highest BCUT2D eigenvalue weighted by atomic mass is 79.9. The van der Waals surface area contributed by atoms with Crippen molar-refractivity contribution in [1.82, 2.24) is 0 Å². The van der Waals surface area contributed by atoms with E-state index in [2.05, 4.69) is 26.7 Å². The van der Waals surface area contributed by atoms with Crippen molar-refractivity contribution in [2.45, 2.75) is 0 Å². The molecule has 0 aliphatic heterocycles. The molecule has 1 aromatic rings. The Balaban J connectivity index is 2.88. The van der Waals surface area contributed by atoms with Gasteiger partial charge < -0.3 is 4.18 Å². The van der Waals surface area contributed by atoms with Crippen LogP contribution in [0, 0.1) is 0 Å². The zero-order valence-corrected chi connectivity index (χ0v) is 9.01. The third-order valence-corrected chi connectivity index (χ3v) is 2.59. The fraction of sp³-hybridized carbons (Fsp3) is 0. The van der Waals surface area contributed by atoms with Gasteiger partial charge in [0.25, 0.3) is 0 Å². The molecule has 0 saturated carbocycles. The van der Waals surface area contributed by atoms with E-state index in [1.165, 1.54) is 0 Å². The summed E-state index contributed by atoms with van der Waals surface area (Å²) in [5, 5.41) is 0.759. The van der Waals surface area contributed by atoms with Gasteiger partial charge in [0.2, 0.25) is 0 Å². The normalized spacial score (nSPS) is 10.8. The maximum atomic E-state index is 10.9. The van der Waals surface area contributed by atoms with Crippen molar-refractivity contribution in [3.05, 3.63) is 40.7 Å². The van der Waals surface area contributed by atoms with Crippen LogP contribution in [0.2, 0.25) is 0 Å². The second kappa shape index (κ2) is 3.93. The van der Waals surface area contributed by atoms with E-state index in [9.17, 15) is 8.42 Å². The number of rotatable bonds is 3. The van der Waals surface area contributed by atoms with E-state index in [1.54, 1.807) is 24.3 Å². The number of benzene rings is 1. The third-order valence-electron chi connectivity index (χ3n) is 1.23. The van der Waals surface area contributed by atoms with Crippen LogP contribution >= 0.6 is 15.9 Å². The quantitative estimate of drug-likeness (QED) is 0.786. The van der Waals surface area contributed by atoms with Crippen LogP contribution in [-0.2, 0) is 10.1 Å². The monoisotopic (exact) mass is 262 g/mol. The van der Waals surface area contributed by atoms with Crippen LogP contribution in [0.15, 0.2) is 40.7 Å². The maximum absolute atomic E-state index is 10.9. The second-order valence-corrected chi connectivity index (χ2v) is 4.60. The molecule has 5 heteroatoms. The number of hydrogen-bond donors (Lipinski definition) is 0. The highest BCUT2D eigenvalue weighted by Crippen LogP contribution is 2.17. The van der Waals surface area contributed by atoms with E-state index < -0.39 is 10.1 Å². The Morgan fingerprint density at radius 1 is 1.31 bits per heavy atom. The molecule has 0 bridgehead atoms. The van der Waals surface area contributed by atoms with E-state index >= 15 is 0 Å². The summed E-state index contributed by atoms with van der Waals surface area (Å²) < 4.78 is 27.3. The zero-order chi connectivity index (χ0) is 9.90. The smallest absolute Gasteiger partial charge is 0.331 e. The average Bonchev–Trinajstić information content (AvgIpc) is 2.09. The zero-order valence-electron chi connectivity index (χ0n) is 6.60. The highest BCUT2D eigenvalue weighted by molar-refractivity contribution is 9.10. The van der Waals surface area contributed by atoms with Crippen molar-refractivity contribution in [3.63, 3.8) is 0 Å². The molecule has 0 aliphatic rings. The van der Waals surface area contributed by atoms with E-state index in [0.29, 0.717) is 0 Å². The third kappa shape index (κ3) is 3.20. The van der Waals surface area contributed by atoms with Crippen molar-refractivity contribution in [2.24, 2.45) is 0 Å². The lowest BCUT2D eigenvalue weighted by molar-refractivity contribution is 0.497. The van der Waals surface area contributed by atoms with Crippen molar-refractivity contribution in [2.75, 3.05) is 0 Å². The number of hydrogen-bond acceptors (Lipinski definition) is 3. The van der Waals surface area contributed by atoms with Gasteiger partial charge in [-0.3, -0.25) is 0 Å². The largest absolute Gasteiger partial charge is 0.379 e. The molecule has 0 saturated heterocycles. The van der Waals surface area contributed by atoms with Gasteiger partial charge in [-0.25, -0.2) is 0 Å². The molecule has 0 atom stereocenters. The molecular formula is C8H7BrO3S. The van der Waals surface area contributed by atoms with Gasteiger partial charge in [-0.15, -0.1) is 0 Å². The lowest BCUT2D eigenvalue weighted by Crippen LogP contribution is -2.04. The van der Waals surface area contributed by atoms with Gasteiger partial charge in [0.15, 0.2) is 0 Å². The summed E-state index contributed by atoms with van der Waals surface area (Å²) in [6.45, 7) is 3.12. The number of halogens is 1. The van der Waals surface area contributed by atoms with Crippen LogP contribution in [0.25, 0.3) is 0 Å². The van der Waals surface area contributed by atoms with Gasteiger partial charge in [0.1, 0.15) is 5.75 Å². The van der Waals surface area contributed by atoms with Crippen molar-refractivity contribution < 1.29 is 12.6 Å². The Bertz CT molecular complexity index is 394. The summed E-state index contributed by atoms with van der Waals surface area (Å²) in [7, 11) is -3.64. The van der Waals surface area contributed by atoms with Crippen LogP contribution in [0.5, 0.6) is 5.75 Å². The van der Waals surface area contributed by atoms with Crippen molar-refractivity contribution >= 4 is 26.0 Å². The molecule has 0 radical (unpaired) electrons. The molecular weight excluding hydrogens is 256 g/mol. The molecule has 1 aromatic carbocycles. The lowest BCUT2D eigenvalue weighted by atomic mass is 10.3. The average molecular weight is 263 g/mol. The summed E-state index contributed by atoms with van der Waals surface area (Å²) in [5.41, 5.74) is 0.